The fourth-order valence-corrected chi connectivity index (χ4v) is 2.61. The molecule has 1 aromatic heterocycles. The van der Waals surface area contributed by atoms with Crippen LogP contribution < -0.4 is 10.6 Å². The monoisotopic (exact) mass is 394 g/mol. The Bertz CT molecular complexity index is 865. The molecule has 10 heteroatoms. The lowest BCUT2D eigenvalue weighted by molar-refractivity contribution is -0.384. The summed E-state index contributed by atoms with van der Waals surface area (Å²) >= 11 is 5.97. The zero-order valence-electron chi connectivity index (χ0n) is 15.0. The van der Waals surface area contributed by atoms with E-state index in [9.17, 15) is 19.7 Å². The molecule has 0 aliphatic heterocycles. The molecular formula is C17H19ClN4O5. The van der Waals surface area contributed by atoms with Crippen LogP contribution in [-0.2, 0) is 11.3 Å². The molecule has 1 atom stereocenters. The van der Waals surface area contributed by atoms with Crippen LogP contribution in [0.3, 0.4) is 0 Å². The van der Waals surface area contributed by atoms with Crippen LogP contribution >= 0.6 is 11.6 Å². The van der Waals surface area contributed by atoms with Gasteiger partial charge in [-0.3, -0.25) is 19.7 Å². The number of halogens is 1. The molecule has 1 heterocycles. The number of nitro benzene ring substituents is 1. The summed E-state index contributed by atoms with van der Waals surface area (Å²) in [7, 11) is 0. The average Bonchev–Trinajstić information content (AvgIpc) is 3.02. The van der Waals surface area contributed by atoms with Crippen LogP contribution in [0.1, 0.15) is 35.7 Å². The summed E-state index contributed by atoms with van der Waals surface area (Å²) in [5.41, 5.74) is 0.388. The molecule has 0 aliphatic rings. The fraction of sp³-hybridized carbons (Fsp3) is 0.353. The molecular weight excluding hydrogens is 376 g/mol. The SMILES string of the molecule is Cc1cc(CNC(=O)C(NC(=O)c2ccc([N+](=O)[O-])cc2Cl)C(C)C)no1. The van der Waals surface area contributed by atoms with E-state index in [0.717, 1.165) is 6.07 Å². The van der Waals surface area contributed by atoms with Gasteiger partial charge in [0.05, 0.1) is 22.1 Å². The van der Waals surface area contributed by atoms with Gasteiger partial charge in [0.1, 0.15) is 17.5 Å². The first kappa shape index (κ1) is 20.4. The minimum Gasteiger partial charge on any atom is -0.361 e. The molecule has 2 N–H and O–H groups in total. The van der Waals surface area contributed by atoms with Gasteiger partial charge in [-0.2, -0.15) is 0 Å². The average molecular weight is 395 g/mol. The van der Waals surface area contributed by atoms with Gasteiger partial charge in [-0.25, -0.2) is 0 Å². The Hall–Kier alpha value is -2.94. The van der Waals surface area contributed by atoms with Gasteiger partial charge in [0, 0.05) is 18.2 Å². The van der Waals surface area contributed by atoms with Gasteiger partial charge in [0.15, 0.2) is 0 Å². The standard InChI is InChI=1S/C17H19ClN4O5/c1-9(2)15(17(24)19-8-11-6-10(3)27-21-11)20-16(23)13-5-4-12(22(25)26)7-14(13)18/h4-7,9,15H,8H2,1-3H3,(H,19,24)(H,20,23). The zero-order chi connectivity index (χ0) is 20.1. The number of benzene rings is 1. The highest BCUT2D eigenvalue weighted by molar-refractivity contribution is 6.34. The molecule has 2 rings (SSSR count). The van der Waals surface area contributed by atoms with Crippen molar-refractivity contribution < 1.29 is 19.0 Å². The molecule has 27 heavy (non-hydrogen) atoms. The van der Waals surface area contributed by atoms with Crippen LogP contribution in [0.2, 0.25) is 5.02 Å². The lowest BCUT2D eigenvalue weighted by Gasteiger charge is -2.21. The molecule has 144 valence electrons. The van der Waals surface area contributed by atoms with Crippen molar-refractivity contribution in [2.45, 2.75) is 33.4 Å². The Morgan fingerprint density at radius 3 is 2.56 bits per heavy atom. The van der Waals surface area contributed by atoms with E-state index >= 15 is 0 Å². The molecule has 0 spiro atoms. The van der Waals surface area contributed by atoms with Crippen molar-refractivity contribution in [2.24, 2.45) is 5.92 Å². The van der Waals surface area contributed by atoms with Crippen LogP contribution in [0.25, 0.3) is 0 Å². The maximum absolute atomic E-state index is 12.5. The van der Waals surface area contributed by atoms with E-state index in [1.807, 2.05) is 0 Å². The summed E-state index contributed by atoms with van der Waals surface area (Å²) in [5, 5.41) is 19.8. The number of carbonyl (C=O) groups excluding carboxylic acids is 2. The number of rotatable bonds is 7. The molecule has 2 amide bonds. The highest BCUT2D eigenvalue weighted by Crippen LogP contribution is 2.22. The van der Waals surface area contributed by atoms with Crippen molar-refractivity contribution in [3.05, 3.63) is 56.4 Å². The van der Waals surface area contributed by atoms with Crippen molar-refractivity contribution in [3.63, 3.8) is 0 Å². The van der Waals surface area contributed by atoms with Crippen molar-refractivity contribution in [3.8, 4) is 0 Å². The van der Waals surface area contributed by atoms with E-state index in [1.54, 1.807) is 26.8 Å². The van der Waals surface area contributed by atoms with Gasteiger partial charge in [-0.1, -0.05) is 30.6 Å². The number of nitrogens with one attached hydrogen (secondary N) is 2. The van der Waals surface area contributed by atoms with Gasteiger partial charge in [0.25, 0.3) is 11.6 Å². The smallest absolute Gasteiger partial charge is 0.270 e. The van der Waals surface area contributed by atoms with Gasteiger partial charge in [0.2, 0.25) is 5.91 Å². The number of non-ortho nitro benzene ring substituents is 1. The van der Waals surface area contributed by atoms with Crippen molar-refractivity contribution >= 4 is 29.1 Å². The molecule has 0 bridgehead atoms. The summed E-state index contributed by atoms with van der Waals surface area (Å²) in [6.45, 7) is 5.46. The van der Waals surface area contributed by atoms with Gasteiger partial charge in [-0.05, 0) is 18.9 Å². The lowest BCUT2D eigenvalue weighted by atomic mass is 10.0. The molecule has 1 aromatic carbocycles. The zero-order valence-corrected chi connectivity index (χ0v) is 15.7. The second-order valence-corrected chi connectivity index (χ2v) is 6.67. The number of nitrogens with zero attached hydrogens (tertiary/aromatic N) is 2. The molecule has 9 nitrogen and oxygen atoms in total. The van der Waals surface area contributed by atoms with Crippen molar-refractivity contribution in [1.82, 2.24) is 15.8 Å². The highest BCUT2D eigenvalue weighted by Gasteiger charge is 2.26. The minimum atomic E-state index is -0.822. The first-order valence-electron chi connectivity index (χ1n) is 8.13. The highest BCUT2D eigenvalue weighted by atomic mass is 35.5. The van der Waals surface area contributed by atoms with Crippen LogP contribution in [-0.4, -0.2) is 27.9 Å². The molecule has 0 radical (unpaired) electrons. The van der Waals surface area contributed by atoms with Crippen LogP contribution in [0, 0.1) is 23.0 Å². The maximum atomic E-state index is 12.5. The Morgan fingerprint density at radius 1 is 1.33 bits per heavy atom. The van der Waals surface area contributed by atoms with E-state index in [-0.39, 0.29) is 28.7 Å². The second-order valence-electron chi connectivity index (χ2n) is 6.26. The predicted octanol–water partition coefficient (Wildman–Crippen LogP) is 2.62. The van der Waals surface area contributed by atoms with Gasteiger partial charge >= 0.3 is 0 Å². The minimum absolute atomic E-state index is 0.0489. The number of nitro groups is 1. The van der Waals surface area contributed by atoms with E-state index in [2.05, 4.69) is 15.8 Å². The third kappa shape index (κ3) is 5.27. The third-order valence-electron chi connectivity index (χ3n) is 3.76. The fourth-order valence-electron chi connectivity index (χ4n) is 2.34. The normalized spacial score (nSPS) is 11.9. The lowest BCUT2D eigenvalue weighted by Crippen LogP contribution is -2.49. The molecule has 2 aromatic rings. The third-order valence-corrected chi connectivity index (χ3v) is 4.08. The number of hydrogen-bond acceptors (Lipinski definition) is 6. The molecule has 0 aliphatic carbocycles. The topological polar surface area (TPSA) is 127 Å². The van der Waals surface area contributed by atoms with E-state index < -0.39 is 22.8 Å². The van der Waals surface area contributed by atoms with Crippen molar-refractivity contribution in [2.75, 3.05) is 0 Å². The summed E-state index contributed by atoms with van der Waals surface area (Å²) in [6, 6.07) is 4.39. The van der Waals surface area contributed by atoms with Crippen LogP contribution in [0.5, 0.6) is 0 Å². The number of aryl methyl sites for hydroxylation is 1. The second kappa shape index (κ2) is 8.63. The molecule has 0 saturated heterocycles. The van der Waals surface area contributed by atoms with Gasteiger partial charge in [-0.15, -0.1) is 0 Å². The summed E-state index contributed by atoms with van der Waals surface area (Å²) in [6.07, 6.45) is 0. The maximum Gasteiger partial charge on any atom is 0.270 e. The number of aromatic nitrogens is 1. The molecule has 0 fully saturated rings. The van der Waals surface area contributed by atoms with Gasteiger partial charge < -0.3 is 15.2 Å². The number of hydrogen-bond donors (Lipinski definition) is 2. The number of amides is 2. The Kier molecular flexibility index (Phi) is 6.51. The Morgan fingerprint density at radius 2 is 2.04 bits per heavy atom. The number of carbonyl (C=O) groups is 2. The summed E-state index contributed by atoms with van der Waals surface area (Å²) in [4.78, 5) is 35.1. The van der Waals surface area contributed by atoms with Crippen molar-refractivity contribution in [1.29, 1.82) is 0 Å². The Balaban J connectivity index is 2.07. The Labute approximate surface area is 160 Å². The largest absolute Gasteiger partial charge is 0.361 e. The predicted molar refractivity (Wildman–Crippen MR) is 97.3 cm³/mol. The molecule has 0 saturated carbocycles. The summed E-state index contributed by atoms with van der Waals surface area (Å²) in [5.74, 6) is -0.566. The van der Waals surface area contributed by atoms with E-state index in [0.29, 0.717) is 11.5 Å². The first-order chi connectivity index (χ1) is 12.7. The van der Waals surface area contributed by atoms with E-state index in [4.69, 9.17) is 16.1 Å². The molecule has 1 unspecified atom stereocenters. The summed E-state index contributed by atoms with van der Waals surface area (Å²) < 4.78 is 4.93. The van der Waals surface area contributed by atoms with Crippen LogP contribution in [0.4, 0.5) is 5.69 Å². The quantitative estimate of drug-likeness (QED) is 0.548. The van der Waals surface area contributed by atoms with Crippen LogP contribution in [0.15, 0.2) is 28.8 Å². The van der Waals surface area contributed by atoms with E-state index in [1.165, 1.54) is 12.1 Å². The first-order valence-corrected chi connectivity index (χ1v) is 8.51.